The zero-order chi connectivity index (χ0) is 17.2. The van der Waals surface area contributed by atoms with Gasteiger partial charge in [-0.1, -0.05) is 30.3 Å². The minimum atomic E-state index is -3.30. The summed E-state index contributed by atoms with van der Waals surface area (Å²) < 4.78 is 25.4. The molecular formula is C18H19N3O2S. The number of rotatable bonds is 5. The lowest BCUT2D eigenvalue weighted by Gasteiger charge is -2.12. The van der Waals surface area contributed by atoms with Crippen molar-refractivity contribution in [2.24, 2.45) is 0 Å². The summed E-state index contributed by atoms with van der Waals surface area (Å²) in [4.78, 5) is 4.44. The van der Waals surface area contributed by atoms with Crippen molar-refractivity contribution in [2.45, 2.75) is 13.5 Å². The molecule has 0 amide bonds. The summed E-state index contributed by atoms with van der Waals surface area (Å²) in [7, 11) is -3.30. The fourth-order valence-electron chi connectivity index (χ4n) is 2.55. The molecule has 0 aliphatic carbocycles. The Hall–Kier alpha value is -2.60. The summed E-state index contributed by atoms with van der Waals surface area (Å²) in [6, 6.07) is 15.6. The van der Waals surface area contributed by atoms with E-state index >= 15 is 0 Å². The minimum absolute atomic E-state index is 0.582. The molecule has 0 bridgehead atoms. The highest BCUT2D eigenvalue weighted by atomic mass is 32.2. The highest BCUT2D eigenvalue weighted by Gasteiger charge is 2.07. The first-order valence-corrected chi connectivity index (χ1v) is 9.46. The summed E-state index contributed by atoms with van der Waals surface area (Å²) in [5.74, 6) is 0. The minimum Gasteiger partial charge on any atom is -0.381 e. The van der Waals surface area contributed by atoms with Gasteiger partial charge < -0.3 is 5.32 Å². The molecule has 0 atom stereocenters. The lowest BCUT2D eigenvalue weighted by atomic mass is 10.1. The van der Waals surface area contributed by atoms with E-state index in [1.54, 1.807) is 12.3 Å². The Morgan fingerprint density at radius 3 is 2.67 bits per heavy atom. The van der Waals surface area contributed by atoms with Crippen LogP contribution in [-0.4, -0.2) is 19.7 Å². The molecule has 3 aromatic rings. The van der Waals surface area contributed by atoms with Crippen LogP contribution in [0.3, 0.4) is 0 Å². The first-order valence-electron chi connectivity index (χ1n) is 7.57. The Kier molecular flexibility index (Phi) is 4.40. The Balaban J connectivity index is 1.83. The van der Waals surface area contributed by atoms with Crippen molar-refractivity contribution >= 4 is 32.3 Å². The van der Waals surface area contributed by atoms with Crippen LogP contribution in [0.25, 0.3) is 10.9 Å². The van der Waals surface area contributed by atoms with Gasteiger partial charge in [0.25, 0.3) is 0 Å². The van der Waals surface area contributed by atoms with Crippen LogP contribution < -0.4 is 10.0 Å². The zero-order valence-corrected chi connectivity index (χ0v) is 14.4. The molecule has 24 heavy (non-hydrogen) atoms. The van der Waals surface area contributed by atoms with Crippen molar-refractivity contribution in [2.75, 3.05) is 16.3 Å². The fraction of sp³-hybridized carbons (Fsp3) is 0.167. The van der Waals surface area contributed by atoms with E-state index in [-0.39, 0.29) is 0 Å². The maximum atomic E-state index is 11.5. The number of hydrogen-bond acceptors (Lipinski definition) is 4. The first-order chi connectivity index (χ1) is 11.4. The quantitative estimate of drug-likeness (QED) is 0.745. The molecule has 0 radical (unpaired) electrons. The lowest BCUT2D eigenvalue weighted by Crippen LogP contribution is -2.11. The lowest BCUT2D eigenvalue weighted by molar-refractivity contribution is 0.607. The summed E-state index contributed by atoms with van der Waals surface area (Å²) >= 11 is 0. The van der Waals surface area contributed by atoms with Crippen LogP contribution in [0.2, 0.25) is 0 Å². The van der Waals surface area contributed by atoms with E-state index < -0.39 is 10.0 Å². The van der Waals surface area contributed by atoms with Crippen LogP contribution in [0, 0.1) is 6.92 Å². The Morgan fingerprint density at radius 2 is 1.88 bits per heavy atom. The number of fused-ring (bicyclic) bond motifs is 1. The number of benzene rings is 2. The van der Waals surface area contributed by atoms with Gasteiger partial charge in [0, 0.05) is 23.8 Å². The van der Waals surface area contributed by atoms with Crippen molar-refractivity contribution in [1.29, 1.82) is 0 Å². The fourth-order valence-corrected chi connectivity index (χ4v) is 3.17. The molecule has 1 heterocycles. The van der Waals surface area contributed by atoms with Crippen molar-refractivity contribution < 1.29 is 8.42 Å². The number of aromatic nitrogens is 1. The highest BCUT2D eigenvalue weighted by molar-refractivity contribution is 7.92. The predicted molar refractivity (Wildman–Crippen MR) is 98.7 cm³/mol. The van der Waals surface area contributed by atoms with Crippen LogP contribution in [0.15, 0.2) is 54.7 Å². The summed E-state index contributed by atoms with van der Waals surface area (Å²) in [6.07, 6.45) is 2.93. The number of aryl methyl sites for hydroxylation is 1. The number of sulfonamides is 1. The number of anilines is 2. The molecule has 6 heteroatoms. The number of hydrogen-bond donors (Lipinski definition) is 2. The zero-order valence-electron chi connectivity index (χ0n) is 13.6. The summed E-state index contributed by atoms with van der Waals surface area (Å²) in [6.45, 7) is 2.47. The van der Waals surface area contributed by atoms with E-state index in [2.05, 4.69) is 15.0 Å². The van der Waals surface area contributed by atoms with Crippen LogP contribution in [0.1, 0.15) is 11.1 Å². The van der Waals surface area contributed by atoms with Crippen LogP contribution in [-0.2, 0) is 16.6 Å². The molecule has 0 saturated heterocycles. The monoisotopic (exact) mass is 341 g/mol. The summed E-state index contributed by atoms with van der Waals surface area (Å²) in [5.41, 5.74) is 4.36. The average Bonchev–Trinajstić information content (AvgIpc) is 2.54. The highest BCUT2D eigenvalue weighted by Crippen LogP contribution is 2.23. The van der Waals surface area contributed by atoms with E-state index in [4.69, 9.17) is 0 Å². The van der Waals surface area contributed by atoms with Gasteiger partial charge in [-0.3, -0.25) is 9.71 Å². The maximum Gasteiger partial charge on any atom is 0.229 e. The molecule has 2 aromatic carbocycles. The van der Waals surface area contributed by atoms with E-state index in [1.807, 2.05) is 49.4 Å². The molecule has 0 fully saturated rings. The van der Waals surface area contributed by atoms with E-state index in [0.717, 1.165) is 34.0 Å². The van der Waals surface area contributed by atoms with Crippen LogP contribution in [0.5, 0.6) is 0 Å². The van der Waals surface area contributed by atoms with Crippen LogP contribution >= 0.6 is 0 Å². The largest absolute Gasteiger partial charge is 0.381 e. The molecule has 5 nitrogen and oxygen atoms in total. The Morgan fingerprint density at radius 1 is 1.08 bits per heavy atom. The third-order valence-electron chi connectivity index (χ3n) is 3.73. The molecule has 3 rings (SSSR count). The molecule has 124 valence electrons. The van der Waals surface area contributed by atoms with Crippen molar-refractivity contribution in [1.82, 2.24) is 4.98 Å². The second-order valence-electron chi connectivity index (χ2n) is 5.75. The van der Waals surface area contributed by atoms with Gasteiger partial charge in [-0.25, -0.2) is 8.42 Å². The van der Waals surface area contributed by atoms with Gasteiger partial charge in [0.15, 0.2) is 0 Å². The molecule has 2 N–H and O–H groups in total. The number of nitrogens with zero attached hydrogens (tertiary/aromatic N) is 1. The van der Waals surface area contributed by atoms with Gasteiger partial charge in [-0.15, -0.1) is 0 Å². The third kappa shape index (κ3) is 3.83. The van der Waals surface area contributed by atoms with Crippen LogP contribution in [0.4, 0.5) is 11.4 Å². The van der Waals surface area contributed by atoms with Crippen molar-refractivity contribution in [3.05, 3.63) is 65.9 Å². The Bertz CT molecular complexity index is 979. The van der Waals surface area contributed by atoms with E-state index in [9.17, 15) is 8.42 Å². The van der Waals surface area contributed by atoms with E-state index in [0.29, 0.717) is 12.2 Å². The molecule has 0 aliphatic heterocycles. The standard InChI is InChI=1S/C18H19N3O2S/c1-13-8-9-16(11-17(13)21-24(2,22)23)20-12-15-6-3-5-14-7-4-10-19-18(14)15/h3-11,20-21H,12H2,1-2H3. The van der Waals surface area contributed by atoms with E-state index in [1.165, 1.54) is 0 Å². The maximum absolute atomic E-state index is 11.5. The SMILES string of the molecule is Cc1ccc(NCc2cccc3cccnc23)cc1NS(C)(=O)=O. The third-order valence-corrected chi connectivity index (χ3v) is 4.32. The van der Waals surface area contributed by atoms with Gasteiger partial charge in [-0.05, 0) is 36.2 Å². The second-order valence-corrected chi connectivity index (χ2v) is 7.50. The number of para-hydroxylation sites is 1. The summed E-state index contributed by atoms with van der Waals surface area (Å²) in [5, 5.41) is 4.43. The molecule has 0 saturated carbocycles. The molecule has 0 unspecified atom stereocenters. The molecule has 0 aliphatic rings. The van der Waals surface area contributed by atoms with Gasteiger partial charge in [0.05, 0.1) is 17.5 Å². The number of nitrogens with one attached hydrogen (secondary N) is 2. The number of pyridine rings is 1. The van der Waals surface area contributed by atoms with Gasteiger partial charge >= 0.3 is 0 Å². The second kappa shape index (κ2) is 6.49. The smallest absolute Gasteiger partial charge is 0.229 e. The molecule has 0 spiro atoms. The molecular weight excluding hydrogens is 322 g/mol. The first kappa shape index (κ1) is 16.3. The average molecular weight is 341 g/mol. The normalized spacial score (nSPS) is 11.4. The van der Waals surface area contributed by atoms with Crippen molar-refractivity contribution in [3.8, 4) is 0 Å². The predicted octanol–water partition coefficient (Wildman–Crippen LogP) is 3.53. The van der Waals surface area contributed by atoms with Gasteiger partial charge in [0.2, 0.25) is 10.0 Å². The topological polar surface area (TPSA) is 71.1 Å². The van der Waals surface area contributed by atoms with Gasteiger partial charge in [-0.2, -0.15) is 0 Å². The van der Waals surface area contributed by atoms with Crippen molar-refractivity contribution in [3.63, 3.8) is 0 Å². The Labute approximate surface area is 141 Å². The van der Waals surface area contributed by atoms with Gasteiger partial charge in [0.1, 0.15) is 0 Å². The molecule has 1 aromatic heterocycles.